The van der Waals surface area contributed by atoms with Crippen molar-refractivity contribution in [3.63, 3.8) is 0 Å². The molecule has 1 aromatic heterocycles. The van der Waals surface area contributed by atoms with E-state index < -0.39 is 4.32 Å². The Bertz CT molecular complexity index is 619. The van der Waals surface area contributed by atoms with Gasteiger partial charge in [0.15, 0.2) is 5.13 Å². The van der Waals surface area contributed by atoms with E-state index in [9.17, 15) is 4.79 Å². The van der Waals surface area contributed by atoms with Crippen LogP contribution in [0.4, 0.5) is 5.13 Å². The van der Waals surface area contributed by atoms with Crippen LogP contribution in [0.5, 0.6) is 0 Å². The zero-order chi connectivity index (χ0) is 13.5. The molecule has 1 aromatic carbocycles. The Morgan fingerprint density at radius 1 is 1.39 bits per heavy atom. The van der Waals surface area contributed by atoms with Crippen molar-refractivity contribution in [1.29, 1.82) is 0 Å². The number of alkyl halides is 1. The number of amides is 1. The molecular formula is C11H9Br3N2OS. The molecule has 1 N–H and O–H groups in total. The second-order valence-electron chi connectivity index (χ2n) is 4.18. The molecule has 2 rings (SSSR count). The summed E-state index contributed by atoms with van der Waals surface area (Å²) in [6.45, 7) is 3.59. The van der Waals surface area contributed by atoms with Gasteiger partial charge >= 0.3 is 0 Å². The van der Waals surface area contributed by atoms with Crippen molar-refractivity contribution in [2.75, 3.05) is 5.32 Å². The summed E-state index contributed by atoms with van der Waals surface area (Å²) in [5.74, 6) is -0.114. The van der Waals surface area contributed by atoms with Crippen LogP contribution < -0.4 is 5.32 Å². The molecule has 18 heavy (non-hydrogen) atoms. The number of halogens is 3. The molecule has 0 saturated carbocycles. The van der Waals surface area contributed by atoms with E-state index in [0.717, 1.165) is 19.2 Å². The van der Waals surface area contributed by atoms with Crippen molar-refractivity contribution in [1.82, 2.24) is 4.98 Å². The topological polar surface area (TPSA) is 42.0 Å². The molecule has 3 nitrogen and oxygen atoms in total. The Kier molecular flexibility index (Phi) is 4.16. The van der Waals surface area contributed by atoms with Gasteiger partial charge in [0, 0.05) is 8.95 Å². The first-order chi connectivity index (χ1) is 8.27. The Morgan fingerprint density at radius 3 is 2.67 bits per heavy atom. The largest absolute Gasteiger partial charge is 0.301 e. The summed E-state index contributed by atoms with van der Waals surface area (Å²) in [6.07, 6.45) is 0. The van der Waals surface area contributed by atoms with E-state index >= 15 is 0 Å². The maximum atomic E-state index is 11.9. The Labute approximate surface area is 134 Å². The first-order valence-electron chi connectivity index (χ1n) is 5.03. The van der Waals surface area contributed by atoms with Gasteiger partial charge < -0.3 is 5.32 Å². The van der Waals surface area contributed by atoms with Crippen molar-refractivity contribution >= 4 is 80.4 Å². The number of rotatable bonds is 2. The van der Waals surface area contributed by atoms with E-state index in [1.165, 1.54) is 11.3 Å². The molecule has 0 aliphatic rings. The van der Waals surface area contributed by atoms with Gasteiger partial charge in [0.05, 0.1) is 14.5 Å². The lowest BCUT2D eigenvalue weighted by molar-refractivity contribution is -0.117. The minimum absolute atomic E-state index is 0.114. The van der Waals surface area contributed by atoms with E-state index in [1.54, 1.807) is 13.8 Å². The molecule has 1 amide bonds. The number of carbonyl (C=O) groups is 1. The number of hydrogen-bond donors (Lipinski definition) is 1. The monoisotopic (exact) mass is 454 g/mol. The van der Waals surface area contributed by atoms with Crippen LogP contribution >= 0.6 is 59.1 Å². The molecule has 0 spiro atoms. The van der Waals surface area contributed by atoms with Crippen LogP contribution in [-0.4, -0.2) is 15.2 Å². The van der Waals surface area contributed by atoms with Crippen molar-refractivity contribution in [2.24, 2.45) is 0 Å². The number of nitrogens with one attached hydrogen (secondary N) is 1. The van der Waals surface area contributed by atoms with Gasteiger partial charge in [0.25, 0.3) is 0 Å². The van der Waals surface area contributed by atoms with E-state index in [-0.39, 0.29) is 5.91 Å². The number of anilines is 1. The Hall–Kier alpha value is 0.0200. The standard InChI is InChI=1S/C11H9Br3N2OS/c1-11(2,14)9(17)16-10-15-8-6(13)3-5(12)4-7(8)18-10/h3-4H,1-2H3,(H,15,16,17). The van der Waals surface area contributed by atoms with Crippen LogP contribution in [0.2, 0.25) is 0 Å². The van der Waals surface area contributed by atoms with Gasteiger partial charge in [-0.2, -0.15) is 0 Å². The molecule has 0 aliphatic heterocycles. The van der Waals surface area contributed by atoms with Gasteiger partial charge in [-0.3, -0.25) is 4.79 Å². The number of benzene rings is 1. The van der Waals surface area contributed by atoms with Gasteiger partial charge in [-0.1, -0.05) is 43.2 Å². The highest BCUT2D eigenvalue weighted by Crippen LogP contribution is 2.34. The molecule has 0 atom stereocenters. The third-order valence-corrected chi connectivity index (χ3v) is 4.51. The summed E-state index contributed by atoms with van der Waals surface area (Å²) in [5, 5.41) is 3.40. The Morgan fingerprint density at radius 2 is 2.06 bits per heavy atom. The second kappa shape index (κ2) is 5.19. The van der Waals surface area contributed by atoms with Crippen LogP contribution in [0.25, 0.3) is 10.2 Å². The highest BCUT2D eigenvalue weighted by atomic mass is 79.9. The van der Waals surface area contributed by atoms with Crippen LogP contribution in [0, 0.1) is 0 Å². The predicted octanol–water partition coefficient (Wildman–Crippen LogP) is 4.93. The number of aromatic nitrogens is 1. The average molecular weight is 457 g/mol. The molecule has 1 heterocycles. The number of hydrogen-bond acceptors (Lipinski definition) is 3. The summed E-state index contributed by atoms with van der Waals surface area (Å²) >= 11 is 11.7. The smallest absolute Gasteiger partial charge is 0.242 e. The van der Waals surface area contributed by atoms with E-state index in [4.69, 9.17) is 0 Å². The van der Waals surface area contributed by atoms with E-state index in [1.807, 2.05) is 12.1 Å². The van der Waals surface area contributed by atoms with E-state index in [0.29, 0.717) is 5.13 Å². The first kappa shape index (κ1) is 14.4. The molecule has 0 bridgehead atoms. The van der Waals surface area contributed by atoms with Gasteiger partial charge in [-0.25, -0.2) is 4.98 Å². The fourth-order valence-corrected chi connectivity index (χ4v) is 3.88. The number of fused-ring (bicyclic) bond motifs is 1. The third kappa shape index (κ3) is 3.12. The maximum absolute atomic E-state index is 11.9. The summed E-state index contributed by atoms with van der Waals surface area (Å²) in [7, 11) is 0. The van der Waals surface area contributed by atoms with Gasteiger partial charge in [-0.15, -0.1) is 0 Å². The molecule has 96 valence electrons. The fourth-order valence-electron chi connectivity index (χ4n) is 1.26. The SMILES string of the molecule is CC(C)(Br)C(=O)Nc1nc2c(Br)cc(Br)cc2s1. The summed E-state index contributed by atoms with van der Waals surface area (Å²) < 4.78 is 2.28. The number of carbonyl (C=O) groups excluding carboxylic acids is 1. The van der Waals surface area contributed by atoms with Crippen molar-refractivity contribution in [2.45, 2.75) is 18.2 Å². The molecule has 2 aromatic rings. The summed E-state index contributed by atoms with van der Waals surface area (Å²) in [6, 6.07) is 3.91. The highest BCUT2D eigenvalue weighted by molar-refractivity contribution is 9.11. The lowest BCUT2D eigenvalue weighted by Gasteiger charge is -2.13. The predicted molar refractivity (Wildman–Crippen MR) is 86.7 cm³/mol. The maximum Gasteiger partial charge on any atom is 0.242 e. The van der Waals surface area contributed by atoms with Crippen LogP contribution in [0.1, 0.15) is 13.8 Å². The van der Waals surface area contributed by atoms with E-state index in [2.05, 4.69) is 58.1 Å². The van der Waals surface area contributed by atoms with Crippen molar-refractivity contribution in [3.05, 3.63) is 21.1 Å². The molecule has 0 saturated heterocycles. The van der Waals surface area contributed by atoms with Crippen LogP contribution in [-0.2, 0) is 4.79 Å². The number of thiazole rings is 1. The van der Waals surface area contributed by atoms with Crippen LogP contribution in [0.15, 0.2) is 21.1 Å². The van der Waals surface area contributed by atoms with Gasteiger partial charge in [-0.05, 0) is 41.9 Å². The minimum Gasteiger partial charge on any atom is -0.301 e. The van der Waals surface area contributed by atoms with Gasteiger partial charge in [0.2, 0.25) is 5.91 Å². The summed E-state index contributed by atoms with van der Waals surface area (Å²) in [4.78, 5) is 16.3. The lowest BCUT2D eigenvalue weighted by Crippen LogP contribution is -2.30. The molecule has 0 aliphatic carbocycles. The van der Waals surface area contributed by atoms with Gasteiger partial charge in [0.1, 0.15) is 0 Å². The number of nitrogens with zero attached hydrogens (tertiary/aromatic N) is 1. The normalized spacial score (nSPS) is 11.8. The molecule has 0 radical (unpaired) electrons. The molecular weight excluding hydrogens is 448 g/mol. The molecule has 0 unspecified atom stereocenters. The average Bonchev–Trinajstić information content (AvgIpc) is 2.58. The van der Waals surface area contributed by atoms with Crippen molar-refractivity contribution in [3.8, 4) is 0 Å². The van der Waals surface area contributed by atoms with Crippen LogP contribution in [0.3, 0.4) is 0 Å². The minimum atomic E-state index is -0.608. The van der Waals surface area contributed by atoms with Crippen molar-refractivity contribution < 1.29 is 4.79 Å². The third-order valence-electron chi connectivity index (χ3n) is 2.17. The Balaban J connectivity index is 2.37. The first-order valence-corrected chi connectivity index (χ1v) is 8.23. The fraction of sp³-hybridized carbons (Fsp3) is 0.273. The highest BCUT2D eigenvalue weighted by Gasteiger charge is 2.24. The molecule has 7 heteroatoms. The second-order valence-corrected chi connectivity index (χ2v) is 8.96. The quantitative estimate of drug-likeness (QED) is 0.651. The lowest BCUT2D eigenvalue weighted by atomic mass is 10.2. The summed E-state index contributed by atoms with van der Waals surface area (Å²) in [5.41, 5.74) is 0.853. The zero-order valence-corrected chi connectivity index (χ0v) is 15.1. The molecule has 0 fully saturated rings. The zero-order valence-electron chi connectivity index (χ0n) is 9.55.